The number of benzene rings is 3. The third kappa shape index (κ3) is 4.27. The summed E-state index contributed by atoms with van der Waals surface area (Å²) in [6.45, 7) is 0.783. The van der Waals surface area contributed by atoms with Gasteiger partial charge < -0.3 is 14.8 Å². The quantitative estimate of drug-likeness (QED) is 0.390. The van der Waals surface area contributed by atoms with Crippen molar-refractivity contribution in [3.05, 3.63) is 95.6 Å². The van der Waals surface area contributed by atoms with Crippen molar-refractivity contribution in [1.29, 1.82) is 0 Å². The third-order valence-electron chi connectivity index (χ3n) is 5.77. The molecule has 3 aromatic carbocycles. The SMILES string of the molecule is C[C@H](NC(=O)OCC1(S(=O)(=O)O)c2ccccc2-c2ccccc21)C(=O)OCc1ccccc1. The van der Waals surface area contributed by atoms with E-state index in [-0.39, 0.29) is 6.61 Å². The van der Waals surface area contributed by atoms with Gasteiger partial charge >= 0.3 is 12.1 Å². The number of hydrogen-bond acceptors (Lipinski definition) is 6. The highest BCUT2D eigenvalue weighted by molar-refractivity contribution is 7.87. The molecule has 0 unspecified atom stereocenters. The first kappa shape index (κ1) is 23.5. The number of nitrogens with one attached hydrogen (secondary N) is 1. The molecule has 0 saturated carbocycles. The van der Waals surface area contributed by atoms with Crippen molar-refractivity contribution >= 4 is 22.2 Å². The molecule has 0 spiro atoms. The van der Waals surface area contributed by atoms with Crippen LogP contribution in [0.5, 0.6) is 0 Å². The molecule has 1 amide bonds. The van der Waals surface area contributed by atoms with Crippen molar-refractivity contribution in [2.75, 3.05) is 6.61 Å². The predicted molar refractivity (Wildman–Crippen MR) is 124 cm³/mol. The molecule has 0 radical (unpaired) electrons. The molecule has 4 rings (SSSR count). The molecule has 176 valence electrons. The minimum absolute atomic E-state index is 0.0418. The van der Waals surface area contributed by atoms with E-state index >= 15 is 0 Å². The predicted octanol–water partition coefficient (Wildman–Crippen LogP) is 3.66. The summed E-state index contributed by atoms with van der Waals surface area (Å²) in [5.74, 6) is -0.679. The van der Waals surface area contributed by atoms with E-state index < -0.39 is 39.6 Å². The van der Waals surface area contributed by atoms with Gasteiger partial charge in [-0.3, -0.25) is 4.55 Å². The molecule has 0 heterocycles. The van der Waals surface area contributed by atoms with E-state index in [9.17, 15) is 22.6 Å². The van der Waals surface area contributed by atoms with Gasteiger partial charge in [-0.05, 0) is 34.7 Å². The van der Waals surface area contributed by atoms with Gasteiger partial charge in [0.2, 0.25) is 0 Å². The van der Waals surface area contributed by atoms with Crippen LogP contribution in [0.3, 0.4) is 0 Å². The largest absolute Gasteiger partial charge is 0.459 e. The Morgan fingerprint density at radius 1 is 0.882 bits per heavy atom. The standard InChI is InChI=1S/C25H23NO7S/c1-17(23(27)32-15-18-9-3-2-4-10-18)26-24(28)33-16-25(34(29,30)31)21-13-7-5-11-19(21)20-12-6-8-14-22(20)25/h2-14,17H,15-16H2,1H3,(H,26,28)(H,29,30,31)/t17-/m0/s1. The minimum atomic E-state index is -4.77. The van der Waals surface area contributed by atoms with Gasteiger partial charge in [0, 0.05) is 0 Å². The molecule has 34 heavy (non-hydrogen) atoms. The van der Waals surface area contributed by atoms with Crippen LogP contribution in [-0.4, -0.2) is 37.7 Å². The van der Waals surface area contributed by atoms with Crippen LogP contribution in [0.2, 0.25) is 0 Å². The number of carbonyl (C=O) groups is 2. The van der Waals surface area contributed by atoms with Gasteiger partial charge in [0.15, 0.2) is 4.75 Å². The zero-order valence-electron chi connectivity index (χ0n) is 18.3. The lowest BCUT2D eigenvalue weighted by molar-refractivity contribution is -0.146. The summed E-state index contributed by atoms with van der Waals surface area (Å²) in [6.07, 6.45) is -1.02. The number of esters is 1. The fraction of sp³-hybridized carbons (Fsp3) is 0.200. The molecule has 1 atom stereocenters. The number of carbonyl (C=O) groups excluding carboxylic acids is 2. The molecule has 0 aliphatic heterocycles. The van der Waals surface area contributed by atoms with E-state index in [0.717, 1.165) is 5.56 Å². The highest BCUT2D eigenvalue weighted by Gasteiger charge is 2.54. The summed E-state index contributed by atoms with van der Waals surface area (Å²) in [5, 5.41) is 2.34. The Bertz CT molecular complexity index is 1280. The molecule has 8 nitrogen and oxygen atoms in total. The maximum atomic E-state index is 12.7. The second-order valence-corrected chi connectivity index (χ2v) is 9.58. The van der Waals surface area contributed by atoms with E-state index in [0.29, 0.717) is 22.3 Å². The highest BCUT2D eigenvalue weighted by atomic mass is 32.2. The number of rotatable bonds is 7. The number of amides is 1. The lowest BCUT2D eigenvalue weighted by Gasteiger charge is -2.28. The fourth-order valence-corrected chi connectivity index (χ4v) is 5.21. The van der Waals surface area contributed by atoms with Crippen LogP contribution in [-0.2, 0) is 35.7 Å². The second-order valence-electron chi connectivity index (χ2n) is 7.93. The second kappa shape index (κ2) is 9.28. The topological polar surface area (TPSA) is 119 Å². The molecule has 0 bridgehead atoms. The first-order valence-corrected chi connectivity index (χ1v) is 12.0. The molecule has 3 aromatic rings. The first-order chi connectivity index (χ1) is 16.2. The monoisotopic (exact) mass is 481 g/mol. The fourth-order valence-electron chi connectivity index (χ4n) is 4.09. The molecule has 0 aromatic heterocycles. The van der Waals surface area contributed by atoms with Gasteiger partial charge in [0.05, 0.1) is 0 Å². The Morgan fingerprint density at radius 3 is 1.97 bits per heavy atom. The molecule has 1 aliphatic carbocycles. The van der Waals surface area contributed by atoms with Crippen LogP contribution in [0.25, 0.3) is 11.1 Å². The maximum Gasteiger partial charge on any atom is 0.407 e. The maximum absolute atomic E-state index is 12.7. The van der Waals surface area contributed by atoms with Gasteiger partial charge in [-0.1, -0.05) is 78.9 Å². The summed E-state index contributed by atoms with van der Waals surface area (Å²) in [4.78, 5) is 24.7. The molecule has 0 fully saturated rings. The average Bonchev–Trinajstić information content (AvgIpc) is 3.13. The van der Waals surface area contributed by atoms with Crippen LogP contribution < -0.4 is 5.32 Å². The van der Waals surface area contributed by atoms with Crippen molar-refractivity contribution in [3.8, 4) is 11.1 Å². The number of ether oxygens (including phenoxy) is 2. The van der Waals surface area contributed by atoms with Gasteiger partial charge in [-0.15, -0.1) is 0 Å². The third-order valence-corrected chi connectivity index (χ3v) is 7.21. The lowest BCUT2D eigenvalue weighted by atomic mass is 9.97. The Morgan fingerprint density at radius 2 is 1.41 bits per heavy atom. The van der Waals surface area contributed by atoms with Crippen LogP contribution in [0.1, 0.15) is 23.6 Å². The molecular weight excluding hydrogens is 458 g/mol. The summed E-state index contributed by atoms with van der Waals surface area (Å²) in [6, 6.07) is 21.5. The summed E-state index contributed by atoms with van der Waals surface area (Å²) in [7, 11) is -4.77. The number of hydrogen-bond donors (Lipinski definition) is 2. The van der Waals surface area contributed by atoms with Crippen LogP contribution in [0.4, 0.5) is 4.79 Å². The van der Waals surface area contributed by atoms with E-state index in [4.69, 9.17) is 9.47 Å². The van der Waals surface area contributed by atoms with Gasteiger partial charge in [0.25, 0.3) is 10.1 Å². The normalized spacial score (nSPS) is 14.4. The van der Waals surface area contributed by atoms with Crippen molar-refractivity contribution < 1.29 is 32.0 Å². The van der Waals surface area contributed by atoms with E-state index in [1.54, 1.807) is 60.7 Å². The first-order valence-electron chi connectivity index (χ1n) is 10.5. The molecule has 9 heteroatoms. The number of fused-ring (bicyclic) bond motifs is 3. The molecular formula is C25H23NO7S. The van der Waals surface area contributed by atoms with E-state index in [2.05, 4.69) is 5.32 Å². The Hall–Kier alpha value is -3.69. The van der Waals surface area contributed by atoms with E-state index in [1.165, 1.54) is 6.92 Å². The van der Waals surface area contributed by atoms with Gasteiger partial charge in [-0.2, -0.15) is 8.42 Å². The zero-order chi connectivity index (χ0) is 24.3. The summed E-state index contributed by atoms with van der Waals surface area (Å²) < 4.78 is 44.2. The molecule has 2 N–H and O–H groups in total. The Balaban J connectivity index is 1.49. The average molecular weight is 482 g/mol. The van der Waals surface area contributed by atoms with Crippen molar-refractivity contribution in [2.45, 2.75) is 24.3 Å². The Kier molecular flexibility index (Phi) is 6.41. The summed E-state index contributed by atoms with van der Waals surface area (Å²) >= 11 is 0. The van der Waals surface area contributed by atoms with Crippen LogP contribution >= 0.6 is 0 Å². The number of alkyl carbamates (subject to hydrolysis) is 1. The molecule has 1 aliphatic rings. The van der Waals surface area contributed by atoms with Crippen molar-refractivity contribution in [3.63, 3.8) is 0 Å². The minimum Gasteiger partial charge on any atom is -0.459 e. The van der Waals surface area contributed by atoms with Crippen molar-refractivity contribution in [1.82, 2.24) is 5.32 Å². The van der Waals surface area contributed by atoms with Crippen molar-refractivity contribution in [2.24, 2.45) is 0 Å². The Labute approximate surface area is 197 Å². The van der Waals surface area contributed by atoms with Gasteiger partial charge in [-0.25, -0.2) is 9.59 Å². The van der Waals surface area contributed by atoms with E-state index in [1.807, 2.05) is 18.2 Å². The molecule has 0 saturated heterocycles. The smallest absolute Gasteiger partial charge is 0.407 e. The van der Waals surface area contributed by atoms with Crippen LogP contribution in [0, 0.1) is 0 Å². The zero-order valence-corrected chi connectivity index (χ0v) is 19.1. The lowest BCUT2D eigenvalue weighted by Crippen LogP contribution is -2.44. The van der Waals surface area contributed by atoms with Gasteiger partial charge in [0.1, 0.15) is 19.3 Å². The highest BCUT2D eigenvalue weighted by Crippen LogP contribution is 2.51. The van der Waals surface area contributed by atoms with Crippen LogP contribution in [0.15, 0.2) is 78.9 Å². The summed E-state index contributed by atoms with van der Waals surface area (Å²) in [5.41, 5.74) is 2.65.